The molecule has 3 fully saturated rings. The van der Waals surface area contributed by atoms with Crippen LogP contribution < -0.4 is 0 Å². The minimum absolute atomic E-state index is 0.0466. The van der Waals surface area contributed by atoms with Crippen molar-refractivity contribution in [2.24, 2.45) is 11.8 Å². The van der Waals surface area contributed by atoms with E-state index in [1.54, 1.807) is 0 Å². The Morgan fingerprint density at radius 3 is 2.14 bits per heavy atom. The number of piperidine rings is 1. The van der Waals surface area contributed by atoms with Gasteiger partial charge in [-0.3, -0.25) is 19.3 Å². The van der Waals surface area contributed by atoms with Gasteiger partial charge >= 0.3 is 0 Å². The molecule has 3 rings (SSSR count). The monoisotopic (exact) mass is 292 g/mol. The van der Waals surface area contributed by atoms with E-state index in [9.17, 15) is 14.4 Å². The van der Waals surface area contributed by atoms with Crippen molar-refractivity contribution in [3.8, 4) is 0 Å². The van der Waals surface area contributed by atoms with Crippen molar-refractivity contribution in [3.63, 3.8) is 0 Å². The number of hydrogen-bond acceptors (Lipinski definition) is 3. The van der Waals surface area contributed by atoms with Gasteiger partial charge in [0.2, 0.25) is 17.7 Å². The van der Waals surface area contributed by atoms with Crippen molar-refractivity contribution >= 4 is 17.7 Å². The molecule has 0 radical (unpaired) electrons. The van der Waals surface area contributed by atoms with E-state index in [2.05, 4.69) is 0 Å². The fraction of sp³-hybridized carbons (Fsp3) is 0.812. The fourth-order valence-electron chi connectivity index (χ4n) is 4.08. The van der Waals surface area contributed by atoms with E-state index in [1.807, 2.05) is 11.8 Å². The number of likely N-dealkylation sites (tertiary alicyclic amines) is 2. The zero-order chi connectivity index (χ0) is 15.0. The highest BCUT2D eigenvalue weighted by molar-refractivity contribution is 6.07. The summed E-state index contributed by atoms with van der Waals surface area (Å²) in [4.78, 5) is 40.3. The summed E-state index contributed by atoms with van der Waals surface area (Å²) in [7, 11) is 0. The van der Waals surface area contributed by atoms with Crippen LogP contribution in [0.3, 0.4) is 0 Å². The molecule has 2 saturated heterocycles. The van der Waals surface area contributed by atoms with Crippen molar-refractivity contribution < 1.29 is 14.4 Å². The van der Waals surface area contributed by atoms with Crippen LogP contribution in [0.2, 0.25) is 0 Å². The molecule has 5 heteroatoms. The molecule has 0 aromatic carbocycles. The summed E-state index contributed by atoms with van der Waals surface area (Å²) >= 11 is 0. The molecule has 3 unspecified atom stereocenters. The van der Waals surface area contributed by atoms with Crippen LogP contribution in [-0.4, -0.2) is 46.7 Å². The van der Waals surface area contributed by atoms with Gasteiger partial charge in [-0.2, -0.15) is 0 Å². The first-order valence-corrected chi connectivity index (χ1v) is 8.24. The van der Waals surface area contributed by atoms with Crippen LogP contribution in [-0.2, 0) is 14.4 Å². The van der Waals surface area contributed by atoms with Crippen molar-refractivity contribution in [2.45, 2.75) is 57.9 Å². The van der Waals surface area contributed by atoms with Gasteiger partial charge in [-0.1, -0.05) is 12.8 Å². The van der Waals surface area contributed by atoms with Crippen LogP contribution in [0.25, 0.3) is 0 Å². The number of rotatable bonds is 2. The Labute approximate surface area is 125 Å². The van der Waals surface area contributed by atoms with Crippen molar-refractivity contribution in [3.05, 3.63) is 0 Å². The van der Waals surface area contributed by atoms with E-state index in [0.29, 0.717) is 0 Å². The minimum Gasteiger partial charge on any atom is -0.338 e. The largest absolute Gasteiger partial charge is 0.338 e. The third kappa shape index (κ3) is 2.58. The van der Waals surface area contributed by atoms with Crippen molar-refractivity contribution in [2.75, 3.05) is 13.1 Å². The molecule has 1 aliphatic carbocycles. The average Bonchev–Trinajstić information content (AvgIpc) is 2.73. The molecule has 2 aliphatic heterocycles. The van der Waals surface area contributed by atoms with Crippen LogP contribution in [0, 0.1) is 11.8 Å². The molecule has 0 bridgehead atoms. The Balaban J connectivity index is 1.68. The summed E-state index contributed by atoms with van der Waals surface area (Å²) in [6.45, 7) is 2.75. The van der Waals surface area contributed by atoms with E-state index >= 15 is 0 Å². The van der Waals surface area contributed by atoms with Gasteiger partial charge in [0.05, 0.1) is 11.8 Å². The lowest BCUT2D eigenvalue weighted by Gasteiger charge is -2.34. The van der Waals surface area contributed by atoms with Gasteiger partial charge in [0.25, 0.3) is 0 Å². The van der Waals surface area contributed by atoms with Crippen LogP contribution in [0.15, 0.2) is 0 Å². The van der Waals surface area contributed by atoms with Gasteiger partial charge in [-0.25, -0.2) is 0 Å². The smallest absolute Gasteiger partial charge is 0.242 e. The topological polar surface area (TPSA) is 57.7 Å². The van der Waals surface area contributed by atoms with E-state index in [4.69, 9.17) is 0 Å². The number of carbonyl (C=O) groups is 3. The molecule has 3 amide bonds. The molecule has 3 atom stereocenters. The number of amides is 3. The Morgan fingerprint density at radius 1 is 1.00 bits per heavy atom. The van der Waals surface area contributed by atoms with E-state index in [1.165, 1.54) is 4.90 Å². The Hall–Kier alpha value is -1.39. The molecular weight excluding hydrogens is 268 g/mol. The average molecular weight is 292 g/mol. The highest BCUT2D eigenvalue weighted by atomic mass is 16.2. The maximum Gasteiger partial charge on any atom is 0.242 e. The molecule has 1 saturated carbocycles. The highest BCUT2D eigenvalue weighted by Crippen LogP contribution is 2.38. The highest BCUT2D eigenvalue weighted by Gasteiger charge is 2.48. The lowest BCUT2D eigenvalue weighted by atomic mass is 9.81. The summed E-state index contributed by atoms with van der Waals surface area (Å²) in [6, 6.07) is 0.223. The van der Waals surface area contributed by atoms with Gasteiger partial charge < -0.3 is 4.90 Å². The maximum absolute atomic E-state index is 12.4. The zero-order valence-corrected chi connectivity index (χ0v) is 12.7. The first-order valence-electron chi connectivity index (χ1n) is 8.24. The van der Waals surface area contributed by atoms with Gasteiger partial charge in [0.1, 0.15) is 6.54 Å². The van der Waals surface area contributed by atoms with Gasteiger partial charge in [0.15, 0.2) is 0 Å². The van der Waals surface area contributed by atoms with Crippen LogP contribution in [0.4, 0.5) is 0 Å². The summed E-state index contributed by atoms with van der Waals surface area (Å²) in [5.74, 6) is -0.594. The summed E-state index contributed by atoms with van der Waals surface area (Å²) < 4.78 is 0. The van der Waals surface area contributed by atoms with Gasteiger partial charge in [-0.15, -0.1) is 0 Å². The molecule has 3 aliphatic rings. The van der Waals surface area contributed by atoms with E-state index in [-0.39, 0.29) is 42.1 Å². The lowest BCUT2D eigenvalue weighted by Crippen LogP contribution is -2.48. The molecule has 0 aromatic rings. The molecule has 0 spiro atoms. The predicted octanol–water partition coefficient (Wildman–Crippen LogP) is 1.56. The van der Waals surface area contributed by atoms with Crippen molar-refractivity contribution in [1.29, 1.82) is 0 Å². The SMILES string of the molecule is CC1CCCCN1C(=O)CN1C(=O)C2CCCCC2C1=O. The quantitative estimate of drug-likeness (QED) is 0.726. The molecule has 116 valence electrons. The number of hydrogen-bond donors (Lipinski definition) is 0. The standard InChI is InChI=1S/C16H24N2O3/c1-11-6-4-5-9-17(11)14(19)10-18-15(20)12-7-2-3-8-13(12)16(18)21/h11-13H,2-10H2,1H3. The van der Waals surface area contributed by atoms with Crippen LogP contribution >= 0.6 is 0 Å². The predicted molar refractivity (Wildman–Crippen MR) is 77.2 cm³/mol. The molecule has 21 heavy (non-hydrogen) atoms. The number of carbonyl (C=O) groups excluding carboxylic acids is 3. The molecule has 5 nitrogen and oxygen atoms in total. The zero-order valence-electron chi connectivity index (χ0n) is 12.7. The molecule has 0 aromatic heterocycles. The molecule has 0 N–H and O–H groups in total. The molecular formula is C16H24N2O3. The lowest BCUT2D eigenvalue weighted by molar-refractivity contribution is -0.147. The normalized spacial score (nSPS) is 33.3. The number of imide groups is 1. The Bertz CT molecular complexity index is 438. The van der Waals surface area contributed by atoms with E-state index in [0.717, 1.165) is 51.5 Å². The second-order valence-corrected chi connectivity index (χ2v) is 6.69. The summed E-state index contributed by atoms with van der Waals surface area (Å²) in [6.07, 6.45) is 6.83. The third-order valence-corrected chi connectivity index (χ3v) is 5.35. The second-order valence-electron chi connectivity index (χ2n) is 6.69. The summed E-state index contributed by atoms with van der Waals surface area (Å²) in [5.41, 5.74) is 0. The fourth-order valence-corrected chi connectivity index (χ4v) is 4.08. The summed E-state index contributed by atoms with van der Waals surface area (Å²) in [5, 5.41) is 0. The van der Waals surface area contributed by atoms with Crippen LogP contribution in [0.5, 0.6) is 0 Å². The van der Waals surface area contributed by atoms with Crippen LogP contribution in [0.1, 0.15) is 51.9 Å². The van der Waals surface area contributed by atoms with Crippen molar-refractivity contribution in [1.82, 2.24) is 9.80 Å². The number of nitrogens with zero attached hydrogens (tertiary/aromatic N) is 2. The first-order chi connectivity index (χ1) is 10.1. The molecule has 2 heterocycles. The third-order valence-electron chi connectivity index (χ3n) is 5.35. The van der Waals surface area contributed by atoms with Gasteiger partial charge in [0, 0.05) is 12.6 Å². The maximum atomic E-state index is 12.4. The van der Waals surface area contributed by atoms with E-state index < -0.39 is 0 Å². The Kier molecular flexibility index (Phi) is 4.00. The van der Waals surface area contributed by atoms with Gasteiger partial charge in [-0.05, 0) is 39.0 Å². The Morgan fingerprint density at radius 2 is 1.57 bits per heavy atom. The minimum atomic E-state index is -0.155. The second kappa shape index (κ2) is 5.78. The first kappa shape index (κ1) is 14.5. The number of fused-ring (bicyclic) bond motifs is 1.